The zero-order valence-corrected chi connectivity index (χ0v) is 12.4. The number of halogens is 1. The summed E-state index contributed by atoms with van der Waals surface area (Å²) in [5.74, 6) is -0.0876. The first-order valence-corrected chi connectivity index (χ1v) is 6.75. The van der Waals surface area contributed by atoms with Crippen LogP contribution in [0.2, 0.25) is 0 Å². The summed E-state index contributed by atoms with van der Waals surface area (Å²) in [6.07, 6.45) is 1.89. The number of nitrogens with two attached hydrogens (primary N) is 1. The van der Waals surface area contributed by atoms with Crippen molar-refractivity contribution in [3.63, 3.8) is 0 Å². The van der Waals surface area contributed by atoms with Crippen LogP contribution in [0.1, 0.15) is 43.1 Å². The molecule has 0 aliphatic rings. The predicted octanol–water partition coefficient (Wildman–Crippen LogP) is 2.96. The summed E-state index contributed by atoms with van der Waals surface area (Å²) >= 11 is 0. The van der Waals surface area contributed by atoms with Gasteiger partial charge >= 0.3 is 0 Å². The molecule has 1 aromatic carbocycles. The molecule has 0 aliphatic carbocycles. The van der Waals surface area contributed by atoms with Gasteiger partial charge in [0.2, 0.25) is 0 Å². The number of hydrogen-bond donors (Lipinski definition) is 2. The Hall–Kier alpha value is -1.68. The van der Waals surface area contributed by atoms with Crippen molar-refractivity contribution in [1.29, 1.82) is 0 Å². The standard InChI is InChI=1S/C16H23FN2O/c1-16(2,3)19-15(20)14-8-6-12(7-9-14)4-5-13(10-17)11-18/h6-10H,4-5,11,18H2,1-3H3,(H,19,20). The molecule has 1 rings (SSSR count). The van der Waals surface area contributed by atoms with Gasteiger partial charge in [-0.2, -0.15) is 0 Å². The second kappa shape index (κ2) is 7.20. The Morgan fingerprint density at radius 1 is 1.30 bits per heavy atom. The number of nitrogens with one attached hydrogen (secondary N) is 1. The average Bonchev–Trinajstić information content (AvgIpc) is 2.38. The summed E-state index contributed by atoms with van der Waals surface area (Å²) in [5.41, 5.74) is 7.44. The van der Waals surface area contributed by atoms with E-state index in [-0.39, 0.29) is 18.0 Å². The Labute approximate surface area is 120 Å². The molecule has 0 saturated carbocycles. The molecule has 3 N–H and O–H groups in total. The minimum absolute atomic E-state index is 0.0876. The lowest BCUT2D eigenvalue weighted by atomic mass is 10.0. The first-order chi connectivity index (χ1) is 9.35. The SMILES string of the molecule is CC(C)(C)NC(=O)c1ccc(CCC(=CF)CN)cc1. The number of benzene rings is 1. The van der Waals surface area contributed by atoms with E-state index in [1.54, 1.807) is 12.1 Å². The lowest BCUT2D eigenvalue weighted by Gasteiger charge is -2.20. The average molecular weight is 278 g/mol. The van der Waals surface area contributed by atoms with Gasteiger partial charge in [0.25, 0.3) is 5.91 Å². The molecular weight excluding hydrogens is 255 g/mol. The molecule has 0 radical (unpaired) electrons. The highest BCUT2D eigenvalue weighted by molar-refractivity contribution is 5.94. The minimum atomic E-state index is -0.252. The van der Waals surface area contributed by atoms with Crippen LogP contribution in [0.5, 0.6) is 0 Å². The Morgan fingerprint density at radius 3 is 2.35 bits per heavy atom. The topological polar surface area (TPSA) is 55.1 Å². The smallest absolute Gasteiger partial charge is 0.251 e. The zero-order valence-electron chi connectivity index (χ0n) is 12.4. The van der Waals surface area contributed by atoms with Gasteiger partial charge in [0.1, 0.15) is 0 Å². The second-order valence-corrected chi connectivity index (χ2v) is 5.87. The molecule has 0 aromatic heterocycles. The molecule has 0 heterocycles. The van der Waals surface area contributed by atoms with E-state index in [0.29, 0.717) is 30.3 Å². The molecule has 1 aromatic rings. The van der Waals surface area contributed by atoms with Gasteiger partial charge in [-0.05, 0) is 56.9 Å². The van der Waals surface area contributed by atoms with E-state index < -0.39 is 0 Å². The molecule has 110 valence electrons. The Bertz CT molecular complexity index is 472. The van der Waals surface area contributed by atoms with Crippen molar-refractivity contribution in [3.05, 3.63) is 47.3 Å². The third-order valence-electron chi connectivity index (χ3n) is 2.86. The predicted molar refractivity (Wildman–Crippen MR) is 80.2 cm³/mol. The molecule has 0 atom stereocenters. The molecule has 1 amide bonds. The number of carbonyl (C=O) groups is 1. The van der Waals surface area contributed by atoms with E-state index >= 15 is 0 Å². The van der Waals surface area contributed by atoms with Crippen LogP contribution in [0.3, 0.4) is 0 Å². The Morgan fingerprint density at radius 2 is 1.90 bits per heavy atom. The molecule has 3 nitrogen and oxygen atoms in total. The molecule has 0 bridgehead atoms. The van der Waals surface area contributed by atoms with E-state index in [4.69, 9.17) is 5.73 Å². The number of carbonyl (C=O) groups excluding carboxylic acids is 1. The largest absolute Gasteiger partial charge is 0.347 e. The monoisotopic (exact) mass is 278 g/mol. The first kappa shape index (κ1) is 16.4. The lowest BCUT2D eigenvalue weighted by molar-refractivity contribution is 0.0919. The van der Waals surface area contributed by atoms with Crippen molar-refractivity contribution < 1.29 is 9.18 Å². The van der Waals surface area contributed by atoms with Crippen molar-refractivity contribution in [2.45, 2.75) is 39.2 Å². The molecule has 0 saturated heterocycles. The maximum absolute atomic E-state index is 12.4. The number of aryl methyl sites for hydroxylation is 1. The highest BCUT2D eigenvalue weighted by atomic mass is 19.1. The number of amides is 1. The van der Waals surface area contributed by atoms with Gasteiger partial charge in [-0.25, -0.2) is 4.39 Å². The molecule has 0 fully saturated rings. The fraction of sp³-hybridized carbons (Fsp3) is 0.438. The van der Waals surface area contributed by atoms with Crippen LogP contribution in [0.15, 0.2) is 36.2 Å². The molecular formula is C16H23FN2O. The minimum Gasteiger partial charge on any atom is -0.347 e. The van der Waals surface area contributed by atoms with Crippen LogP contribution in [-0.2, 0) is 6.42 Å². The van der Waals surface area contributed by atoms with Gasteiger partial charge in [-0.3, -0.25) is 4.79 Å². The van der Waals surface area contributed by atoms with E-state index in [0.717, 1.165) is 5.56 Å². The van der Waals surface area contributed by atoms with Crippen molar-refractivity contribution in [2.24, 2.45) is 5.73 Å². The normalized spacial score (nSPS) is 12.3. The maximum atomic E-state index is 12.4. The quantitative estimate of drug-likeness (QED) is 0.870. The lowest BCUT2D eigenvalue weighted by Crippen LogP contribution is -2.40. The van der Waals surface area contributed by atoms with Crippen LogP contribution in [0, 0.1) is 0 Å². The van der Waals surface area contributed by atoms with Gasteiger partial charge < -0.3 is 11.1 Å². The second-order valence-electron chi connectivity index (χ2n) is 5.87. The number of hydrogen-bond acceptors (Lipinski definition) is 2. The Kier molecular flexibility index (Phi) is 5.89. The summed E-state index contributed by atoms with van der Waals surface area (Å²) in [4.78, 5) is 11.9. The fourth-order valence-corrected chi connectivity index (χ4v) is 1.74. The highest BCUT2D eigenvalue weighted by Crippen LogP contribution is 2.11. The molecule has 0 spiro atoms. The van der Waals surface area contributed by atoms with Gasteiger partial charge in [-0.1, -0.05) is 12.1 Å². The number of rotatable bonds is 5. The zero-order chi connectivity index (χ0) is 15.2. The highest BCUT2D eigenvalue weighted by Gasteiger charge is 2.14. The maximum Gasteiger partial charge on any atom is 0.251 e. The molecule has 0 aliphatic heterocycles. The third kappa shape index (κ3) is 5.53. The summed E-state index contributed by atoms with van der Waals surface area (Å²) in [7, 11) is 0. The van der Waals surface area contributed by atoms with E-state index in [9.17, 15) is 9.18 Å². The van der Waals surface area contributed by atoms with Gasteiger partial charge in [0.15, 0.2) is 0 Å². The summed E-state index contributed by atoms with van der Waals surface area (Å²) in [6, 6.07) is 7.36. The van der Waals surface area contributed by atoms with E-state index in [2.05, 4.69) is 5.32 Å². The van der Waals surface area contributed by atoms with Gasteiger partial charge in [0.05, 0.1) is 6.33 Å². The van der Waals surface area contributed by atoms with Crippen molar-refractivity contribution in [1.82, 2.24) is 5.32 Å². The van der Waals surface area contributed by atoms with E-state index in [1.165, 1.54) is 0 Å². The van der Waals surface area contributed by atoms with Crippen molar-refractivity contribution in [3.8, 4) is 0 Å². The van der Waals surface area contributed by atoms with Crippen LogP contribution in [-0.4, -0.2) is 18.0 Å². The summed E-state index contributed by atoms with van der Waals surface area (Å²) in [6.45, 7) is 6.06. The van der Waals surface area contributed by atoms with Crippen LogP contribution < -0.4 is 11.1 Å². The fourth-order valence-electron chi connectivity index (χ4n) is 1.74. The van der Waals surface area contributed by atoms with Gasteiger partial charge in [0, 0.05) is 17.6 Å². The molecule has 20 heavy (non-hydrogen) atoms. The van der Waals surface area contributed by atoms with Crippen LogP contribution in [0.4, 0.5) is 4.39 Å². The molecule has 0 unspecified atom stereocenters. The van der Waals surface area contributed by atoms with Crippen molar-refractivity contribution >= 4 is 5.91 Å². The van der Waals surface area contributed by atoms with Gasteiger partial charge in [-0.15, -0.1) is 0 Å². The van der Waals surface area contributed by atoms with Crippen LogP contribution in [0.25, 0.3) is 0 Å². The first-order valence-electron chi connectivity index (χ1n) is 6.75. The van der Waals surface area contributed by atoms with E-state index in [1.807, 2.05) is 32.9 Å². The summed E-state index contributed by atoms with van der Waals surface area (Å²) < 4.78 is 12.4. The van der Waals surface area contributed by atoms with Crippen molar-refractivity contribution in [2.75, 3.05) is 6.54 Å². The molecule has 4 heteroatoms. The Balaban J connectivity index is 2.63. The third-order valence-corrected chi connectivity index (χ3v) is 2.86. The summed E-state index contributed by atoms with van der Waals surface area (Å²) in [5, 5.41) is 2.91. The van der Waals surface area contributed by atoms with Crippen LogP contribution >= 0.6 is 0 Å².